The van der Waals surface area contributed by atoms with Crippen LogP contribution in [0.25, 0.3) is 11.0 Å². The Kier molecular flexibility index (Phi) is 3.48. The van der Waals surface area contributed by atoms with Crippen LogP contribution in [-0.4, -0.2) is 0 Å². The van der Waals surface area contributed by atoms with Crippen LogP contribution in [-0.2, 0) is 0 Å². The van der Waals surface area contributed by atoms with Gasteiger partial charge in [0.15, 0.2) is 5.75 Å². The van der Waals surface area contributed by atoms with Gasteiger partial charge < -0.3 is 14.9 Å². The molecule has 122 valence electrons. The van der Waals surface area contributed by atoms with E-state index in [1.165, 1.54) is 0 Å². The number of nitrogens with zero attached hydrogens (tertiary/aromatic N) is 1. The lowest BCUT2D eigenvalue weighted by atomic mass is 9.84. The fourth-order valence-electron chi connectivity index (χ4n) is 3.09. The molecule has 3 aromatic rings. The van der Waals surface area contributed by atoms with Crippen LogP contribution in [0.2, 0.25) is 5.02 Å². The van der Waals surface area contributed by atoms with E-state index in [1.54, 1.807) is 48.5 Å². The summed E-state index contributed by atoms with van der Waals surface area (Å²) in [6, 6.07) is 16.0. The molecule has 0 fully saturated rings. The highest BCUT2D eigenvalue weighted by atomic mass is 35.5. The van der Waals surface area contributed by atoms with Gasteiger partial charge in [0.25, 0.3) is 0 Å². The lowest BCUT2D eigenvalue weighted by Crippen LogP contribution is -2.26. The molecule has 0 saturated carbocycles. The normalized spacial score (nSPS) is 16.2. The van der Waals surface area contributed by atoms with Gasteiger partial charge >= 0.3 is 5.63 Å². The number of hydrogen-bond donors (Lipinski definition) is 1. The summed E-state index contributed by atoms with van der Waals surface area (Å²) in [7, 11) is 0. The fourth-order valence-corrected chi connectivity index (χ4v) is 3.33. The van der Waals surface area contributed by atoms with E-state index in [9.17, 15) is 10.1 Å². The highest BCUT2D eigenvalue weighted by molar-refractivity contribution is 6.31. The first kappa shape index (κ1) is 15.3. The molecule has 2 N–H and O–H groups in total. The van der Waals surface area contributed by atoms with Crippen molar-refractivity contribution in [2.75, 3.05) is 0 Å². The van der Waals surface area contributed by atoms with Crippen molar-refractivity contribution in [2.45, 2.75) is 5.92 Å². The van der Waals surface area contributed by atoms with Gasteiger partial charge in [-0.15, -0.1) is 0 Å². The van der Waals surface area contributed by atoms with E-state index in [1.807, 2.05) is 6.07 Å². The van der Waals surface area contributed by atoms with Crippen LogP contribution in [0.5, 0.6) is 5.75 Å². The van der Waals surface area contributed by atoms with E-state index in [0.29, 0.717) is 27.3 Å². The van der Waals surface area contributed by atoms with Crippen LogP contribution in [0, 0.1) is 11.3 Å². The molecule has 1 aliphatic heterocycles. The standard InChI is InChI=1S/C19H11ClN2O3/c20-13-7-3-1-5-10(13)15-12(9-21)18(22)25-17-11-6-2-4-8-14(11)24-19(23)16(15)17/h1-8,15H,22H2/t15-/m0/s1. The Hall–Kier alpha value is -3.23. The molecule has 25 heavy (non-hydrogen) atoms. The first-order chi connectivity index (χ1) is 12.1. The summed E-state index contributed by atoms with van der Waals surface area (Å²) >= 11 is 6.32. The van der Waals surface area contributed by atoms with Gasteiger partial charge in [-0.2, -0.15) is 5.26 Å². The van der Waals surface area contributed by atoms with Gasteiger partial charge in [-0.25, -0.2) is 4.79 Å². The van der Waals surface area contributed by atoms with E-state index < -0.39 is 11.5 Å². The van der Waals surface area contributed by atoms with Crippen LogP contribution >= 0.6 is 11.6 Å². The van der Waals surface area contributed by atoms with Crippen LogP contribution in [0.3, 0.4) is 0 Å². The van der Waals surface area contributed by atoms with E-state index in [4.69, 9.17) is 26.5 Å². The van der Waals surface area contributed by atoms with Crippen molar-refractivity contribution >= 4 is 22.6 Å². The zero-order valence-electron chi connectivity index (χ0n) is 12.8. The number of fused-ring (bicyclic) bond motifs is 3. The summed E-state index contributed by atoms with van der Waals surface area (Å²) in [5.74, 6) is -0.493. The fraction of sp³-hybridized carbons (Fsp3) is 0.0526. The van der Waals surface area contributed by atoms with Crippen molar-refractivity contribution in [3.8, 4) is 11.8 Å². The molecular formula is C19H11ClN2O3. The van der Waals surface area contributed by atoms with Crippen LogP contribution in [0.4, 0.5) is 0 Å². The predicted molar refractivity (Wildman–Crippen MR) is 93.2 cm³/mol. The van der Waals surface area contributed by atoms with Gasteiger partial charge in [-0.3, -0.25) is 0 Å². The minimum atomic E-state index is -0.747. The molecule has 0 saturated heterocycles. The lowest BCUT2D eigenvalue weighted by Gasteiger charge is -2.26. The molecule has 4 rings (SSSR count). The van der Waals surface area contributed by atoms with Gasteiger partial charge in [0.2, 0.25) is 5.88 Å². The minimum absolute atomic E-state index is 0.0457. The molecule has 2 aromatic carbocycles. The molecule has 1 atom stereocenters. The van der Waals surface area contributed by atoms with Crippen LogP contribution in [0.1, 0.15) is 17.0 Å². The van der Waals surface area contributed by atoms with Crippen molar-refractivity contribution in [3.05, 3.63) is 86.6 Å². The van der Waals surface area contributed by atoms with Gasteiger partial charge in [-0.05, 0) is 23.8 Å². The maximum Gasteiger partial charge on any atom is 0.344 e. The second kappa shape index (κ2) is 5.69. The summed E-state index contributed by atoms with van der Waals surface area (Å²) < 4.78 is 11.1. The van der Waals surface area contributed by atoms with Gasteiger partial charge in [0.1, 0.15) is 17.2 Å². The molecule has 0 unspecified atom stereocenters. The second-order valence-corrected chi connectivity index (χ2v) is 5.98. The van der Waals surface area contributed by atoms with Crippen molar-refractivity contribution < 1.29 is 9.15 Å². The number of ether oxygens (including phenoxy) is 1. The van der Waals surface area contributed by atoms with Crippen LogP contribution < -0.4 is 16.1 Å². The summed E-state index contributed by atoms with van der Waals surface area (Å²) in [4.78, 5) is 12.7. The number of allylic oxidation sites excluding steroid dienone is 1. The maximum atomic E-state index is 12.7. The summed E-state index contributed by atoms with van der Waals surface area (Å²) in [5, 5.41) is 10.6. The monoisotopic (exact) mass is 350 g/mol. The Bertz CT molecular complexity index is 1140. The van der Waals surface area contributed by atoms with Crippen molar-refractivity contribution in [2.24, 2.45) is 5.73 Å². The Balaban J connectivity index is 2.12. The number of hydrogen-bond acceptors (Lipinski definition) is 5. The molecule has 0 bridgehead atoms. The zero-order valence-corrected chi connectivity index (χ0v) is 13.6. The lowest BCUT2D eigenvalue weighted by molar-refractivity contribution is 0.388. The quantitative estimate of drug-likeness (QED) is 0.676. The average molecular weight is 351 g/mol. The third kappa shape index (κ3) is 2.27. The Labute approximate surface area is 147 Å². The number of nitrogens with two attached hydrogens (primary N) is 1. The summed E-state index contributed by atoms with van der Waals surface area (Å²) in [6.45, 7) is 0. The van der Waals surface area contributed by atoms with E-state index in [-0.39, 0.29) is 17.0 Å². The molecule has 5 nitrogen and oxygen atoms in total. The van der Waals surface area contributed by atoms with Gasteiger partial charge in [0, 0.05) is 5.02 Å². The third-order valence-corrected chi connectivity index (χ3v) is 4.53. The molecular weight excluding hydrogens is 340 g/mol. The van der Waals surface area contributed by atoms with E-state index >= 15 is 0 Å². The Morgan fingerprint density at radius 2 is 1.84 bits per heavy atom. The largest absolute Gasteiger partial charge is 0.439 e. The number of para-hydroxylation sites is 1. The minimum Gasteiger partial charge on any atom is -0.439 e. The average Bonchev–Trinajstić information content (AvgIpc) is 2.61. The van der Waals surface area contributed by atoms with E-state index in [0.717, 1.165) is 0 Å². The smallest absolute Gasteiger partial charge is 0.344 e. The Morgan fingerprint density at radius 3 is 2.60 bits per heavy atom. The number of halogens is 1. The van der Waals surface area contributed by atoms with Crippen molar-refractivity contribution in [1.82, 2.24) is 0 Å². The SMILES string of the molecule is N#CC1=C(N)Oc2c(c(=O)oc3ccccc23)[C@H]1c1ccccc1Cl. The molecule has 2 heterocycles. The molecule has 0 amide bonds. The van der Waals surface area contributed by atoms with Crippen molar-refractivity contribution in [1.29, 1.82) is 5.26 Å². The number of benzene rings is 2. The molecule has 6 heteroatoms. The number of rotatable bonds is 1. The number of nitriles is 1. The molecule has 0 radical (unpaired) electrons. The molecule has 1 aromatic heterocycles. The van der Waals surface area contributed by atoms with Gasteiger partial charge in [-0.1, -0.05) is 41.9 Å². The topological polar surface area (TPSA) is 89.3 Å². The second-order valence-electron chi connectivity index (χ2n) is 5.57. The summed E-state index contributed by atoms with van der Waals surface area (Å²) in [5.41, 5.74) is 6.73. The van der Waals surface area contributed by atoms with E-state index in [2.05, 4.69) is 0 Å². The van der Waals surface area contributed by atoms with Gasteiger partial charge in [0.05, 0.1) is 16.9 Å². The molecule has 1 aliphatic rings. The predicted octanol–water partition coefficient (Wildman–Crippen LogP) is 3.66. The van der Waals surface area contributed by atoms with Crippen molar-refractivity contribution in [3.63, 3.8) is 0 Å². The third-order valence-electron chi connectivity index (χ3n) is 4.19. The first-order valence-corrected chi connectivity index (χ1v) is 7.87. The van der Waals surface area contributed by atoms with Crippen LogP contribution in [0.15, 0.2) is 69.2 Å². The highest BCUT2D eigenvalue weighted by Gasteiger charge is 2.36. The highest BCUT2D eigenvalue weighted by Crippen LogP contribution is 2.44. The molecule has 0 aliphatic carbocycles. The maximum absolute atomic E-state index is 12.7. The molecule has 0 spiro atoms. The zero-order chi connectivity index (χ0) is 17.6. The first-order valence-electron chi connectivity index (χ1n) is 7.49. The summed E-state index contributed by atoms with van der Waals surface area (Å²) in [6.07, 6.45) is 0. The Morgan fingerprint density at radius 1 is 1.12 bits per heavy atom.